The van der Waals surface area contributed by atoms with Crippen LogP contribution in [0, 0.1) is 11.5 Å². The number of rotatable bonds is 5. The molecule has 21 heavy (non-hydrogen) atoms. The van der Waals surface area contributed by atoms with Crippen molar-refractivity contribution in [1.82, 2.24) is 10.3 Å². The molecule has 0 unspecified atom stereocenters. The number of para-hydroxylation sites is 1. The van der Waals surface area contributed by atoms with Crippen LogP contribution in [0.5, 0.6) is 5.75 Å². The van der Waals surface area contributed by atoms with Crippen LogP contribution in [-0.4, -0.2) is 24.5 Å². The molecule has 0 aliphatic heterocycles. The lowest BCUT2D eigenvalue weighted by Gasteiger charge is -2.07. The highest BCUT2D eigenvalue weighted by Crippen LogP contribution is 2.17. The van der Waals surface area contributed by atoms with Gasteiger partial charge in [-0.25, -0.2) is 0 Å². The minimum absolute atomic E-state index is 0.528. The molecule has 0 spiro atoms. The summed E-state index contributed by atoms with van der Waals surface area (Å²) in [5.74, 6) is 1.38. The second-order valence-electron chi connectivity index (χ2n) is 4.27. The Morgan fingerprint density at radius 3 is 2.90 bits per heavy atom. The Bertz CT molecular complexity index is 647. The third-order valence-electron chi connectivity index (χ3n) is 2.95. The van der Waals surface area contributed by atoms with E-state index in [0.29, 0.717) is 12.4 Å². The van der Waals surface area contributed by atoms with E-state index in [2.05, 4.69) is 15.3 Å². The van der Waals surface area contributed by atoms with Gasteiger partial charge in [0.1, 0.15) is 11.6 Å². The highest BCUT2D eigenvalue weighted by atomic mass is 16.5. The van der Waals surface area contributed by atoms with E-state index in [1.165, 1.54) is 0 Å². The summed E-state index contributed by atoms with van der Waals surface area (Å²) < 4.78 is 5.31. The molecule has 5 nitrogen and oxygen atoms in total. The number of methoxy groups -OCH3 is 1. The lowest BCUT2D eigenvalue weighted by Crippen LogP contribution is -2.20. The zero-order valence-electron chi connectivity index (χ0n) is 11.8. The van der Waals surface area contributed by atoms with Crippen molar-refractivity contribution in [2.75, 3.05) is 13.7 Å². The summed E-state index contributed by atoms with van der Waals surface area (Å²) >= 11 is 0. The van der Waals surface area contributed by atoms with Gasteiger partial charge in [-0.05, 0) is 30.2 Å². The summed E-state index contributed by atoms with van der Waals surface area (Å²) in [5.41, 5.74) is 1.88. The third kappa shape index (κ3) is 4.05. The molecule has 106 valence electrons. The van der Waals surface area contributed by atoms with Crippen molar-refractivity contribution in [3.8, 4) is 11.9 Å². The third-order valence-corrected chi connectivity index (χ3v) is 2.95. The van der Waals surface area contributed by atoms with Gasteiger partial charge in [0.25, 0.3) is 0 Å². The predicted molar refractivity (Wildman–Crippen MR) is 81.1 cm³/mol. The molecule has 0 amide bonds. The number of benzene rings is 1. The number of amidine groups is 1. The lowest BCUT2D eigenvalue weighted by molar-refractivity contribution is 0.410. The van der Waals surface area contributed by atoms with Gasteiger partial charge in [0.2, 0.25) is 0 Å². The van der Waals surface area contributed by atoms with E-state index in [0.717, 1.165) is 23.3 Å². The number of aliphatic imine (C=N–C) groups is 1. The van der Waals surface area contributed by atoms with Crippen LogP contribution in [0.4, 0.5) is 0 Å². The predicted octanol–water partition coefficient (Wildman–Crippen LogP) is 2.15. The first kappa shape index (κ1) is 14.5. The smallest absolute Gasteiger partial charge is 0.182 e. The van der Waals surface area contributed by atoms with Gasteiger partial charge in [-0.3, -0.25) is 15.3 Å². The van der Waals surface area contributed by atoms with Crippen LogP contribution < -0.4 is 10.1 Å². The normalized spacial score (nSPS) is 10.8. The molecule has 0 radical (unpaired) electrons. The first-order valence-electron chi connectivity index (χ1n) is 6.57. The number of hydrogen-bond donors (Lipinski definition) is 1. The zero-order valence-corrected chi connectivity index (χ0v) is 11.8. The number of pyridine rings is 1. The average Bonchev–Trinajstić information content (AvgIpc) is 2.55. The monoisotopic (exact) mass is 280 g/mol. The van der Waals surface area contributed by atoms with E-state index >= 15 is 0 Å². The second kappa shape index (κ2) is 7.65. The number of aromatic nitrogens is 1. The lowest BCUT2D eigenvalue weighted by atomic mass is 10.1. The maximum absolute atomic E-state index is 8.81. The molecule has 1 aromatic heterocycles. The van der Waals surface area contributed by atoms with Gasteiger partial charge in [-0.15, -0.1) is 0 Å². The summed E-state index contributed by atoms with van der Waals surface area (Å²) in [6, 6.07) is 11.5. The maximum atomic E-state index is 8.81. The molecule has 5 heteroatoms. The molecule has 0 saturated carbocycles. The molecule has 1 N–H and O–H groups in total. The van der Waals surface area contributed by atoms with Crippen molar-refractivity contribution in [1.29, 1.82) is 5.26 Å². The Labute approximate surface area is 123 Å². The van der Waals surface area contributed by atoms with Crippen molar-refractivity contribution in [3.63, 3.8) is 0 Å². The fourth-order valence-corrected chi connectivity index (χ4v) is 1.96. The Hall–Kier alpha value is -2.87. The van der Waals surface area contributed by atoms with Gasteiger partial charge in [-0.1, -0.05) is 18.2 Å². The van der Waals surface area contributed by atoms with Crippen molar-refractivity contribution in [2.45, 2.75) is 6.42 Å². The van der Waals surface area contributed by atoms with E-state index in [-0.39, 0.29) is 0 Å². The van der Waals surface area contributed by atoms with Crippen LogP contribution in [0.3, 0.4) is 0 Å². The molecular weight excluding hydrogens is 264 g/mol. The number of nitrogens with one attached hydrogen (secondary N) is 1. The van der Waals surface area contributed by atoms with Crippen LogP contribution in [0.15, 0.2) is 53.8 Å². The summed E-state index contributed by atoms with van der Waals surface area (Å²) in [6.07, 6.45) is 6.00. The number of ether oxygens (including phenoxy) is 1. The summed E-state index contributed by atoms with van der Waals surface area (Å²) in [4.78, 5) is 8.47. The quantitative estimate of drug-likeness (QED) is 0.394. The minimum Gasteiger partial charge on any atom is -0.496 e. The van der Waals surface area contributed by atoms with Crippen LogP contribution in [0.2, 0.25) is 0 Å². The fraction of sp³-hybridized carbons (Fsp3) is 0.188. The van der Waals surface area contributed by atoms with E-state index in [1.807, 2.05) is 42.6 Å². The highest BCUT2D eigenvalue weighted by Gasteiger charge is 2.04. The van der Waals surface area contributed by atoms with Gasteiger partial charge in [0.05, 0.1) is 7.11 Å². The summed E-state index contributed by atoms with van der Waals surface area (Å²) in [6.45, 7) is 0.555. The second-order valence-corrected chi connectivity index (χ2v) is 4.27. The number of nitrogens with zero attached hydrogens (tertiary/aromatic N) is 3. The zero-order chi connectivity index (χ0) is 14.9. The largest absolute Gasteiger partial charge is 0.496 e. The van der Waals surface area contributed by atoms with Crippen molar-refractivity contribution in [2.24, 2.45) is 4.99 Å². The SMILES string of the molecule is COc1ccccc1CCN=C(NC#N)c1cccnc1. The first-order chi connectivity index (χ1) is 10.3. The molecule has 2 aromatic rings. The van der Waals surface area contributed by atoms with E-state index in [4.69, 9.17) is 10.00 Å². The van der Waals surface area contributed by atoms with Crippen LogP contribution in [-0.2, 0) is 6.42 Å². The first-order valence-corrected chi connectivity index (χ1v) is 6.57. The molecule has 1 heterocycles. The van der Waals surface area contributed by atoms with Crippen molar-refractivity contribution in [3.05, 3.63) is 59.9 Å². The van der Waals surface area contributed by atoms with E-state index in [1.54, 1.807) is 19.5 Å². The van der Waals surface area contributed by atoms with Gasteiger partial charge < -0.3 is 4.74 Å². The molecule has 1 aromatic carbocycles. The molecule has 0 aliphatic rings. The molecule has 0 bridgehead atoms. The summed E-state index contributed by atoms with van der Waals surface area (Å²) in [7, 11) is 1.65. The fourth-order valence-electron chi connectivity index (χ4n) is 1.96. The molecule has 2 rings (SSSR count). The van der Waals surface area contributed by atoms with Crippen LogP contribution in [0.1, 0.15) is 11.1 Å². The highest BCUT2D eigenvalue weighted by molar-refractivity contribution is 5.99. The number of nitriles is 1. The molecule has 0 fully saturated rings. The molecule has 0 aliphatic carbocycles. The Morgan fingerprint density at radius 1 is 1.33 bits per heavy atom. The van der Waals surface area contributed by atoms with Gasteiger partial charge >= 0.3 is 0 Å². The van der Waals surface area contributed by atoms with Crippen molar-refractivity contribution >= 4 is 5.84 Å². The van der Waals surface area contributed by atoms with Crippen LogP contribution >= 0.6 is 0 Å². The average molecular weight is 280 g/mol. The van der Waals surface area contributed by atoms with Crippen molar-refractivity contribution < 1.29 is 4.74 Å². The topological polar surface area (TPSA) is 70.3 Å². The molecule has 0 saturated heterocycles. The Kier molecular flexibility index (Phi) is 5.30. The van der Waals surface area contributed by atoms with Gasteiger partial charge in [0.15, 0.2) is 6.19 Å². The van der Waals surface area contributed by atoms with E-state index < -0.39 is 0 Å². The summed E-state index contributed by atoms with van der Waals surface area (Å²) in [5, 5.41) is 11.4. The van der Waals surface area contributed by atoms with Crippen LogP contribution in [0.25, 0.3) is 0 Å². The minimum atomic E-state index is 0.528. The molecular formula is C16H16N4O. The number of hydrogen-bond acceptors (Lipinski definition) is 4. The standard InChI is InChI=1S/C16H16N4O/c1-21-15-7-3-2-5-13(15)8-10-19-16(20-12-17)14-6-4-9-18-11-14/h2-7,9,11H,8,10H2,1H3,(H,19,20). The van der Waals surface area contributed by atoms with E-state index in [9.17, 15) is 0 Å². The Balaban J connectivity index is 2.09. The molecule has 0 atom stereocenters. The Morgan fingerprint density at radius 2 is 2.19 bits per heavy atom. The van der Waals surface area contributed by atoms with Gasteiger partial charge in [0, 0.05) is 24.5 Å². The maximum Gasteiger partial charge on any atom is 0.182 e. The van der Waals surface area contributed by atoms with Gasteiger partial charge in [-0.2, -0.15) is 5.26 Å².